The summed E-state index contributed by atoms with van der Waals surface area (Å²) in [5.74, 6) is 0.845. The van der Waals surface area contributed by atoms with Crippen LogP contribution in [0.3, 0.4) is 0 Å². The summed E-state index contributed by atoms with van der Waals surface area (Å²) in [6, 6.07) is 15.2. The van der Waals surface area contributed by atoms with Crippen LogP contribution in [-0.4, -0.2) is 16.0 Å². The Morgan fingerprint density at radius 2 is 2.00 bits per heavy atom. The average molecular weight is 351 g/mol. The molecule has 3 aromatic heterocycles. The maximum absolute atomic E-state index is 12.2. The molecular weight excluding hydrogens is 338 g/mol. The highest BCUT2D eigenvalue weighted by molar-refractivity contribution is 7.13. The Morgan fingerprint density at radius 1 is 1.12 bits per heavy atom. The normalized spacial score (nSPS) is 10.7. The SMILES string of the molecule is O=C(NCc1cc(-c2cccs2)on1)c1ncc(-c2ccccc2)o1. The molecule has 0 radical (unpaired) electrons. The van der Waals surface area contributed by atoms with E-state index in [9.17, 15) is 4.79 Å². The van der Waals surface area contributed by atoms with E-state index in [4.69, 9.17) is 8.94 Å². The molecule has 0 fully saturated rings. The maximum atomic E-state index is 12.2. The first-order valence-corrected chi connectivity index (χ1v) is 8.46. The smallest absolute Gasteiger partial charge is 0.307 e. The molecule has 0 spiro atoms. The predicted molar refractivity (Wildman–Crippen MR) is 92.9 cm³/mol. The Labute approximate surface area is 147 Å². The number of carbonyl (C=O) groups excluding carboxylic acids is 1. The molecule has 6 nitrogen and oxygen atoms in total. The van der Waals surface area contributed by atoms with Crippen molar-refractivity contribution in [2.75, 3.05) is 0 Å². The van der Waals surface area contributed by atoms with Crippen LogP contribution in [0.25, 0.3) is 22.0 Å². The zero-order valence-electron chi connectivity index (χ0n) is 13.0. The number of carbonyl (C=O) groups is 1. The molecule has 25 heavy (non-hydrogen) atoms. The van der Waals surface area contributed by atoms with Crippen LogP contribution in [0, 0.1) is 0 Å². The molecule has 0 unspecified atom stereocenters. The average Bonchev–Trinajstić information content (AvgIpc) is 3.41. The maximum Gasteiger partial charge on any atom is 0.307 e. The lowest BCUT2D eigenvalue weighted by Crippen LogP contribution is -2.23. The molecule has 124 valence electrons. The van der Waals surface area contributed by atoms with Gasteiger partial charge in [-0.2, -0.15) is 0 Å². The largest absolute Gasteiger partial charge is 0.432 e. The summed E-state index contributed by atoms with van der Waals surface area (Å²) in [5.41, 5.74) is 1.50. The zero-order valence-corrected chi connectivity index (χ0v) is 13.8. The van der Waals surface area contributed by atoms with Crippen LogP contribution in [0.4, 0.5) is 0 Å². The van der Waals surface area contributed by atoms with Crippen LogP contribution in [-0.2, 0) is 6.54 Å². The molecule has 0 aliphatic heterocycles. The second-order valence-electron chi connectivity index (χ2n) is 5.24. The second kappa shape index (κ2) is 6.74. The molecule has 0 saturated heterocycles. The topological polar surface area (TPSA) is 81.2 Å². The molecule has 0 bridgehead atoms. The predicted octanol–water partition coefficient (Wildman–Crippen LogP) is 3.99. The summed E-state index contributed by atoms with van der Waals surface area (Å²) < 4.78 is 10.8. The summed E-state index contributed by atoms with van der Waals surface area (Å²) in [6.45, 7) is 0.233. The third-order valence-electron chi connectivity index (χ3n) is 3.51. The molecule has 0 aliphatic rings. The Balaban J connectivity index is 1.40. The Morgan fingerprint density at radius 3 is 2.80 bits per heavy atom. The number of amides is 1. The van der Waals surface area contributed by atoms with E-state index in [2.05, 4.69) is 15.5 Å². The Bertz CT molecular complexity index is 974. The van der Waals surface area contributed by atoms with Gasteiger partial charge in [0.25, 0.3) is 5.89 Å². The van der Waals surface area contributed by atoms with Gasteiger partial charge in [-0.3, -0.25) is 4.79 Å². The van der Waals surface area contributed by atoms with E-state index in [0.717, 1.165) is 10.4 Å². The number of nitrogens with one attached hydrogen (secondary N) is 1. The van der Waals surface area contributed by atoms with Crippen LogP contribution in [0.15, 0.2) is 69.0 Å². The quantitative estimate of drug-likeness (QED) is 0.588. The molecule has 4 rings (SSSR count). The number of thiophene rings is 1. The first-order valence-electron chi connectivity index (χ1n) is 7.58. The lowest BCUT2D eigenvalue weighted by molar-refractivity contribution is 0.0916. The minimum absolute atomic E-state index is 0.0147. The first kappa shape index (κ1) is 15.3. The minimum atomic E-state index is -0.400. The van der Waals surface area contributed by atoms with Gasteiger partial charge in [0.1, 0.15) is 5.69 Å². The van der Waals surface area contributed by atoms with Crippen LogP contribution >= 0.6 is 11.3 Å². The number of rotatable bonds is 5. The molecule has 1 aromatic carbocycles. The van der Waals surface area contributed by atoms with Gasteiger partial charge in [0.2, 0.25) is 0 Å². The van der Waals surface area contributed by atoms with E-state index < -0.39 is 5.91 Å². The van der Waals surface area contributed by atoms with Crippen LogP contribution in [0.2, 0.25) is 0 Å². The third-order valence-corrected chi connectivity index (χ3v) is 4.40. The molecular formula is C18H13N3O3S. The Kier molecular flexibility index (Phi) is 4.14. The first-order chi connectivity index (χ1) is 12.3. The van der Waals surface area contributed by atoms with Gasteiger partial charge in [-0.15, -0.1) is 11.3 Å². The number of nitrogens with zero attached hydrogens (tertiary/aromatic N) is 2. The van der Waals surface area contributed by atoms with E-state index in [-0.39, 0.29) is 12.4 Å². The third kappa shape index (κ3) is 3.36. The molecule has 3 heterocycles. The van der Waals surface area contributed by atoms with Crippen molar-refractivity contribution in [2.24, 2.45) is 0 Å². The molecule has 1 N–H and O–H groups in total. The number of oxazole rings is 1. The molecule has 0 saturated carbocycles. The van der Waals surface area contributed by atoms with E-state index in [1.165, 1.54) is 6.20 Å². The van der Waals surface area contributed by atoms with Crippen molar-refractivity contribution in [3.8, 4) is 22.0 Å². The second-order valence-corrected chi connectivity index (χ2v) is 6.19. The number of aromatic nitrogens is 2. The monoisotopic (exact) mass is 351 g/mol. The van der Waals surface area contributed by atoms with Crippen molar-refractivity contribution in [3.05, 3.63) is 71.7 Å². The molecule has 1 amide bonds. The number of hydrogen-bond acceptors (Lipinski definition) is 6. The summed E-state index contributed by atoms with van der Waals surface area (Å²) >= 11 is 1.57. The lowest BCUT2D eigenvalue weighted by atomic mass is 10.2. The number of hydrogen-bond donors (Lipinski definition) is 1. The fourth-order valence-electron chi connectivity index (χ4n) is 2.29. The summed E-state index contributed by atoms with van der Waals surface area (Å²) in [7, 11) is 0. The fraction of sp³-hybridized carbons (Fsp3) is 0.0556. The van der Waals surface area contributed by atoms with Crippen molar-refractivity contribution in [1.29, 1.82) is 0 Å². The zero-order chi connectivity index (χ0) is 17.1. The van der Waals surface area contributed by atoms with Gasteiger partial charge in [-0.25, -0.2) is 4.98 Å². The molecule has 7 heteroatoms. The van der Waals surface area contributed by atoms with Gasteiger partial charge >= 0.3 is 5.91 Å². The van der Waals surface area contributed by atoms with E-state index in [0.29, 0.717) is 17.2 Å². The van der Waals surface area contributed by atoms with Gasteiger partial charge in [-0.1, -0.05) is 41.6 Å². The Hall–Kier alpha value is -3.19. The standard InChI is InChI=1S/C18H13N3O3S/c22-17(18-20-11-15(23-18)12-5-2-1-3-6-12)19-10-13-9-14(24-21-13)16-7-4-8-25-16/h1-9,11H,10H2,(H,19,22). The van der Waals surface area contributed by atoms with Crippen molar-refractivity contribution in [2.45, 2.75) is 6.54 Å². The summed E-state index contributed by atoms with van der Waals surface area (Å²) in [5, 5.41) is 8.65. The van der Waals surface area contributed by atoms with Gasteiger partial charge < -0.3 is 14.3 Å². The van der Waals surface area contributed by atoms with Crippen LogP contribution in [0.5, 0.6) is 0 Å². The summed E-state index contributed by atoms with van der Waals surface area (Å²) in [4.78, 5) is 17.2. The fourth-order valence-corrected chi connectivity index (χ4v) is 2.96. The van der Waals surface area contributed by atoms with Crippen molar-refractivity contribution >= 4 is 17.2 Å². The van der Waals surface area contributed by atoms with E-state index in [1.807, 2.05) is 47.8 Å². The van der Waals surface area contributed by atoms with Crippen molar-refractivity contribution < 1.29 is 13.7 Å². The van der Waals surface area contributed by atoms with E-state index >= 15 is 0 Å². The molecule has 0 atom stereocenters. The van der Waals surface area contributed by atoms with Gasteiger partial charge in [0.15, 0.2) is 11.5 Å². The highest BCUT2D eigenvalue weighted by atomic mass is 32.1. The van der Waals surface area contributed by atoms with Gasteiger partial charge in [-0.05, 0) is 11.4 Å². The minimum Gasteiger partial charge on any atom is -0.432 e. The molecule has 0 aliphatic carbocycles. The highest BCUT2D eigenvalue weighted by Crippen LogP contribution is 2.25. The lowest BCUT2D eigenvalue weighted by Gasteiger charge is -1.98. The molecule has 4 aromatic rings. The van der Waals surface area contributed by atoms with Crippen molar-refractivity contribution in [3.63, 3.8) is 0 Å². The summed E-state index contributed by atoms with van der Waals surface area (Å²) in [6.07, 6.45) is 1.54. The van der Waals surface area contributed by atoms with Crippen LogP contribution < -0.4 is 5.32 Å². The highest BCUT2D eigenvalue weighted by Gasteiger charge is 2.15. The van der Waals surface area contributed by atoms with Crippen molar-refractivity contribution in [1.82, 2.24) is 15.5 Å². The number of benzene rings is 1. The van der Waals surface area contributed by atoms with Gasteiger partial charge in [0, 0.05) is 11.6 Å². The van der Waals surface area contributed by atoms with Gasteiger partial charge in [0.05, 0.1) is 17.6 Å². The van der Waals surface area contributed by atoms with Crippen LogP contribution in [0.1, 0.15) is 16.4 Å². The van der Waals surface area contributed by atoms with E-state index in [1.54, 1.807) is 17.4 Å².